The SMILES string of the molecule is CC(C)OCC(O)Cn1ccc(-c2ccc(F)cc2)n1. The Labute approximate surface area is 117 Å². The molecule has 2 rings (SSSR count). The molecule has 5 heteroatoms. The molecule has 0 spiro atoms. The lowest BCUT2D eigenvalue weighted by Crippen LogP contribution is -2.24. The van der Waals surface area contributed by atoms with Gasteiger partial charge in [-0.25, -0.2) is 4.39 Å². The standard InChI is InChI=1S/C15H19FN2O2/c1-11(2)20-10-14(19)9-18-8-7-15(17-18)12-3-5-13(16)6-4-12/h3-8,11,14,19H,9-10H2,1-2H3. The maximum atomic E-state index is 12.9. The van der Waals surface area contributed by atoms with E-state index in [-0.39, 0.29) is 18.5 Å². The molecule has 0 saturated heterocycles. The molecule has 1 N–H and O–H groups in total. The monoisotopic (exact) mass is 278 g/mol. The van der Waals surface area contributed by atoms with Crippen LogP contribution in [0.3, 0.4) is 0 Å². The van der Waals surface area contributed by atoms with Gasteiger partial charge in [0.2, 0.25) is 0 Å². The second-order valence-corrected chi connectivity index (χ2v) is 4.97. The fraction of sp³-hybridized carbons (Fsp3) is 0.400. The van der Waals surface area contributed by atoms with Gasteiger partial charge < -0.3 is 9.84 Å². The predicted octanol–water partition coefficient (Wildman–Crippen LogP) is 2.48. The summed E-state index contributed by atoms with van der Waals surface area (Å²) in [7, 11) is 0. The van der Waals surface area contributed by atoms with Crippen molar-refractivity contribution in [1.82, 2.24) is 9.78 Å². The average Bonchev–Trinajstić information content (AvgIpc) is 2.85. The first-order valence-electron chi connectivity index (χ1n) is 6.63. The molecule has 1 atom stereocenters. The van der Waals surface area contributed by atoms with E-state index in [4.69, 9.17) is 4.74 Å². The first-order chi connectivity index (χ1) is 9.54. The third-order valence-corrected chi connectivity index (χ3v) is 2.80. The van der Waals surface area contributed by atoms with Gasteiger partial charge in [0.1, 0.15) is 5.82 Å². The molecular weight excluding hydrogens is 259 g/mol. The van der Waals surface area contributed by atoms with Gasteiger partial charge >= 0.3 is 0 Å². The number of rotatable bonds is 6. The van der Waals surface area contributed by atoms with Crippen molar-refractivity contribution in [1.29, 1.82) is 0 Å². The van der Waals surface area contributed by atoms with Crippen molar-refractivity contribution in [2.75, 3.05) is 6.61 Å². The summed E-state index contributed by atoms with van der Waals surface area (Å²) in [5.74, 6) is -0.269. The van der Waals surface area contributed by atoms with Gasteiger partial charge in [0.05, 0.1) is 31.1 Å². The predicted molar refractivity (Wildman–Crippen MR) is 74.7 cm³/mol. The zero-order chi connectivity index (χ0) is 14.5. The van der Waals surface area contributed by atoms with Crippen LogP contribution in [0, 0.1) is 5.82 Å². The number of aliphatic hydroxyl groups is 1. The van der Waals surface area contributed by atoms with E-state index < -0.39 is 6.10 Å². The molecule has 0 bridgehead atoms. The summed E-state index contributed by atoms with van der Waals surface area (Å²) >= 11 is 0. The molecule has 20 heavy (non-hydrogen) atoms. The van der Waals surface area contributed by atoms with Gasteiger partial charge in [-0.3, -0.25) is 4.68 Å². The molecule has 0 aliphatic rings. The fourth-order valence-corrected chi connectivity index (χ4v) is 1.81. The van der Waals surface area contributed by atoms with Crippen LogP contribution in [0.4, 0.5) is 4.39 Å². The van der Waals surface area contributed by atoms with E-state index in [1.807, 2.05) is 19.9 Å². The number of aromatic nitrogens is 2. The van der Waals surface area contributed by atoms with Crippen LogP contribution in [0.2, 0.25) is 0 Å². The van der Waals surface area contributed by atoms with Crippen molar-refractivity contribution in [2.24, 2.45) is 0 Å². The van der Waals surface area contributed by atoms with E-state index in [2.05, 4.69) is 5.10 Å². The highest BCUT2D eigenvalue weighted by atomic mass is 19.1. The smallest absolute Gasteiger partial charge is 0.123 e. The van der Waals surface area contributed by atoms with Crippen molar-refractivity contribution in [2.45, 2.75) is 32.6 Å². The Morgan fingerprint density at radius 2 is 1.95 bits per heavy atom. The van der Waals surface area contributed by atoms with Crippen LogP contribution in [-0.4, -0.2) is 33.7 Å². The van der Waals surface area contributed by atoms with Gasteiger partial charge in [0, 0.05) is 11.8 Å². The Morgan fingerprint density at radius 1 is 1.25 bits per heavy atom. The molecule has 1 aromatic carbocycles. The number of hydrogen-bond donors (Lipinski definition) is 1. The largest absolute Gasteiger partial charge is 0.389 e. The number of hydrogen-bond acceptors (Lipinski definition) is 3. The number of benzene rings is 1. The molecule has 0 fully saturated rings. The highest BCUT2D eigenvalue weighted by molar-refractivity contribution is 5.58. The molecule has 1 aromatic heterocycles. The maximum Gasteiger partial charge on any atom is 0.123 e. The molecule has 0 amide bonds. The average molecular weight is 278 g/mol. The number of nitrogens with zero attached hydrogens (tertiary/aromatic N) is 2. The van der Waals surface area contributed by atoms with Crippen LogP contribution >= 0.6 is 0 Å². The summed E-state index contributed by atoms with van der Waals surface area (Å²) in [6, 6.07) is 8.00. The molecule has 0 radical (unpaired) electrons. The summed E-state index contributed by atoms with van der Waals surface area (Å²) in [5, 5.41) is 14.2. The van der Waals surface area contributed by atoms with Gasteiger partial charge in [0.25, 0.3) is 0 Å². The number of aliphatic hydroxyl groups excluding tert-OH is 1. The molecule has 1 heterocycles. The summed E-state index contributed by atoms with van der Waals surface area (Å²) < 4.78 is 19.9. The first kappa shape index (κ1) is 14.7. The summed E-state index contributed by atoms with van der Waals surface area (Å²) in [6.07, 6.45) is 1.28. The molecular formula is C15H19FN2O2. The second kappa shape index (κ2) is 6.63. The molecule has 0 aliphatic heterocycles. The van der Waals surface area contributed by atoms with E-state index >= 15 is 0 Å². The van der Waals surface area contributed by atoms with Crippen LogP contribution in [0.1, 0.15) is 13.8 Å². The zero-order valence-corrected chi connectivity index (χ0v) is 11.7. The van der Waals surface area contributed by atoms with Gasteiger partial charge in [-0.2, -0.15) is 5.10 Å². The minimum Gasteiger partial charge on any atom is -0.389 e. The minimum absolute atomic E-state index is 0.0945. The van der Waals surface area contributed by atoms with Crippen LogP contribution in [0.25, 0.3) is 11.3 Å². The molecule has 0 saturated carbocycles. The quantitative estimate of drug-likeness (QED) is 0.883. The lowest BCUT2D eigenvalue weighted by molar-refractivity contribution is -0.00199. The third kappa shape index (κ3) is 4.15. The van der Waals surface area contributed by atoms with Gasteiger partial charge in [-0.1, -0.05) is 0 Å². The van der Waals surface area contributed by atoms with E-state index in [1.165, 1.54) is 12.1 Å². The summed E-state index contributed by atoms with van der Waals surface area (Å²) in [5.41, 5.74) is 1.60. The van der Waals surface area contributed by atoms with Crippen molar-refractivity contribution in [3.05, 3.63) is 42.3 Å². The van der Waals surface area contributed by atoms with E-state index in [1.54, 1.807) is 23.0 Å². The molecule has 1 unspecified atom stereocenters. The van der Waals surface area contributed by atoms with E-state index in [9.17, 15) is 9.50 Å². The summed E-state index contributed by atoms with van der Waals surface area (Å²) in [4.78, 5) is 0. The Hall–Kier alpha value is -1.72. The Morgan fingerprint density at radius 3 is 2.60 bits per heavy atom. The van der Waals surface area contributed by atoms with Crippen LogP contribution < -0.4 is 0 Å². The van der Waals surface area contributed by atoms with Crippen molar-refractivity contribution < 1.29 is 14.2 Å². The zero-order valence-electron chi connectivity index (χ0n) is 11.7. The Bertz CT molecular complexity index is 537. The fourth-order valence-electron chi connectivity index (χ4n) is 1.81. The Balaban J connectivity index is 1.96. The lowest BCUT2D eigenvalue weighted by atomic mass is 10.1. The van der Waals surface area contributed by atoms with Crippen molar-refractivity contribution >= 4 is 0 Å². The van der Waals surface area contributed by atoms with E-state index in [0.29, 0.717) is 6.54 Å². The van der Waals surface area contributed by atoms with Gasteiger partial charge in [0.15, 0.2) is 0 Å². The van der Waals surface area contributed by atoms with Crippen molar-refractivity contribution in [3.8, 4) is 11.3 Å². The molecule has 2 aromatic rings. The normalized spacial score (nSPS) is 12.8. The van der Waals surface area contributed by atoms with Crippen LogP contribution in [-0.2, 0) is 11.3 Å². The molecule has 4 nitrogen and oxygen atoms in total. The third-order valence-electron chi connectivity index (χ3n) is 2.80. The van der Waals surface area contributed by atoms with Gasteiger partial charge in [-0.05, 0) is 44.2 Å². The van der Waals surface area contributed by atoms with Crippen LogP contribution in [0.5, 0.6) is 0 Å². The minimum atomic E-state index is -0.599. The molecule has 108 valence electrons. The van der Waals surface area contributed by atoms with Gasteiger partial charge in [-0.15, -0.1) is 0 Å². The van der Waals surface area contributed by atoms with Crippen molar-refractivity contribution in [3.63, 3.8) is 0 Å². The number of ether oxygens (including phenoxy) is 1. The van der Waals surface area contributed by atoms with E-state index in [0.717, 1.165) is 11.3 Å². The number of halogens is 1. The summed E-state index contributed by atoms with van der Waals surface area (Å²) in [6.45, 7) is 4.50. The topological polar surface area (TPSA) is 47.3 Å². The first-order valence-corrected chi connectivity index (χ1v) is 6.63. The van der Waals surface area contributed by atoms with Crippen LogP contribution in [0.15, 0.2) is 36.5 Å². The second-order valence-electron chi connectivity index (χ2n) is 4.97. The highest BCUT2D eigenvalue weighted by Crippen LogP contribution is 2.17. The lowest BCUT2D eigenvalue weighted by Gasteiger charge is -2.13. The Kier molecular flexibility index (Phi) is 4.87. The molecule has 0 aliphatic carbocycles. The maximum absolute atomic E-state index is 12.9. The highest BCUT2D eigenvalue weighted by Gasteiger charge is 2.09.